The Morgan fingerprint density at radius 2 is 1.58 bits per heavy atom. The quantitative estimate of drug-likeness (QED) is 0.129. The van der Waals surface area contributed by atoms with Gasteiger partial charge in [-0.15, -0.1) is 0 Å². The van der Waals surface area contributed by atoms with E-state index >= 15 is 0 Å². The van der Waals surface area contributed by atoms with Gasteiger partial charge in [0, 0.05) is 23.5 Å². The molecule has 0 saturated carbocycles. The maximum Gasteiger partial charge on any atom is 0.326 e. The molecule has 5 unspecified atom stereocenters. The van der Waals surface area contributed by atoms with Gasteiger partial charge in [-0.25, -0.2) is 4.79 Å². The highest BCUT2D eigenvalue weighted by Gasteiger charge is 2.32. The fraction of sp³-hybridized carbons (Fsp3) is 0.419. The second kappa shape index (κ2) is 16.0. The molecule has 232 valence electrons. The molecule has 12 heteroatoms. The number of amides is 3. The number of benzene rings is 2. The molecule has 0 saturated heterocycles. The van der Waals surface area contributed by atoms with Gasteiger partial charge in [0.05, 0.1) is 6.04 Å². The number of aliphatic carboxylic acids is 1. The number of rotatable bonds is 16. The van der Waals surface area contributed by atoms with E-state index in [9.17, 15) is 29.4 Å². The van der Waals surface area contributed by atoms with Crippen molar-refractivity contribution in [2.24, 2.45) is 11.7 Å². The summed E-state index contributed by atoms with van der Waals surface area (Å²) in [6, 6.07) is 9.69. The van der Waals surface area contributed by atoms with E-state index in [2.05, 4.69) is 20.9 Å². The summed E-state index contributed by atoms with van der Waals surface area (Å²) in [4.78, 5) is 55.1. The number of carboxylic acid groups (broad SMARTS) is 1. The van der Waals surface area contributed by atoms with Gasteiger partial charge in [0.2, 0.25) is 17.7 Å². The largest absolute Gasteiger partial charge is 0.508 e. The zero-order valence-corrected chi connectivity index (χ0v) is 25.4. The van der Waals surface area contributed by atoms with Crippen LogP contribution in [0.4, 0.5) is 0 Å². The number of nitrogens with one attached hydrogen (secondary N) is 4. The summed E-state index contributed by atoms with van der Waals surface area (Å²) in [6.07, 6.45) is 4.76. The average Bonchev–Trinajstić information content (AvgIpc) is 3.40. The van der Waals surface area contributed by atoms with Crippen molar-refractivity contribution in [1.29, 1.82) is 0 Å². The van der Waals surface area contributed by atoms with Gasteiger partial charge < -0.3 is 36.9 Å². The van der Waals surface area contributed by atoms with Crippen LogP contribution in [-0.4, -0.2) is 75.1 Å². The molecule has 5 atom stereocenters. The third-order valence-corrected chi connectivity index (χ3v) is 8.13. The summed E-state index contributed by atoms with van der Waals surface area (Å²) in [6.45, 7) is 3.57. The number of aromatic amines is 1. The smallest absolute Gasteiger partial charge is 0.326 e. The first-order valence-corrected chi connectivity index (χ1v) is 15.6. The Labute approximate surface area is 255 Å². The molecule has 0 bridgehead atoms. The number of carbonyl (C=O) groups is 4. The van der Waals surface area contributed by atoms with Crippen LogP contribution in [0.5, 0.6) is 5.75 Å². The molecule has 0 aliphatic rings. The zero-order valence-electron chi connectivity index (χ0n) is 24.6. The Bertz CT molecular complexity index is 1390. The second-order valence-electron chi connectivity index (χ2n) is 10.7. The summed E-state index contributed by atoms with van der Waals surface area (Å²) >= 11 is 1.48. The predicted molar refractivity (Wildman–Crippen MR) is 168 cm³/mol. The highest BCUT2D eigenvalue weighted by molar-refractivity contribution is 7.98. The number of hydrogen-bond donors (Lipinski definition) is 7. The summed E-state index contributed by atoms with van der Waals surface area (Å²) in [5.41, 5.74) is 8.73. The van der Waals surface area contributed by atoms with Crippen LogP contribution in [0.25, 0.3) is 10.9 Å². The Kier molecular flexibility index (Phi) is 12.4. The average molecular weight is 612 g/mol. The lowest BCUT2D eigenvalue weighted by atomic mass is 9.98. The first kappa shape index (κ1) is 33.5. The molecular formula is C31H41N5O6S. The van der Waals surface area contributed by atoms with Crippen molar-refractivity contribution in [3.63, 3.8) is 0 Å². The van der Waals surface area contributed by atoms with Gasteiger partial charge in [-0.2, -0.15) is 11.8 Å². The van der Waals surface area contributed by atoms with Crippen LogP contribution in [-0.2, 0) is 32.0 Å². The standard InChI is InChI=1S/C31H41N5O6S/c1-4-18(2)27(31(41)42)36-29(39)25(13-14-43-3)34-30(40)26(15-19-9-11-21(37)12-10-19)35-28(38)23(32)16-20-17-33-24-8-6-5-7-22(20)24/h5-12,17-18,23,25-27,33,37H,4,13-16,32H2,1-3H3,(H,34,40)(H,35,38)(H,36,39)(H,41,42). The number of aromatic nitrogens is 1. The second-order valence-corrected chi connectivity index (χ2v) is 11.6. The van der Waals surface area contributed by atoms with Crippen LogP contribution < -0.4 is 21.7 Å². The molecule has 0 spiro atoms. The Morgan fingerprint density at radius 3 is 2.23 bits per heavy atom. The molecule has 3 amide bonds. The van der Waals surface area contributed by atoms with Gasteiger partial charge in [-0.1, -0.05) is 50.6 Å². The zero-order chi connectivity index (χ0) is 31.5. The van der Waals surface area contributed by atoms with Crippen molar-refractivity contribution in [1.82, 2.24) is 20.9 Å². The lowest BCUT2D eigenvalue weighted by Crippen LogP contribution is -2.58. The summed E-state index contributed by atoms with van der Waals surface area (Å²) < 4.78 is 0. The molecule has 3 aromatic rings. The van der Waals surface area contributed by atoms with Gasteiger partial charge >= 0.3 is 5.97 Å². The molecule has 0 fully saturated rings. The number of hydrogen-bond acceptors (Lipinski definition) is 7. The first-order valence-electron chi connectivity index (χ1n) is 14.2. The van der Waals surface area contributed by atoms with Crippen LogP contribution in [0, 0.1) is 5.92 Å². The van der Waals surface area contributed by atoms with Crippen LogP contribution in [0.15, 0.2) is 54.7 Å². The number of fused-ring (bicyclic) bond motifs is 1. The number of carboxylic acids is 1. The van der Waals surface area contributed by atoms with Gasteiger partial charge in [-0.3, -0.25) is 14.4 Å². The lowest BCUT2D eigenvalue weighted by molar-refractivity contribution is -0.143. The van der Waals surface area contributed by atoms with E-state index in [4.69, 9.17) is 5.73 Å². The molecule has 43 heavy (non-hydrogen) atoms. The fourth-order valence-corrected chi connectivity index (χ4v) is 5.17. The number of thioether (sulfide) groups is 1. The Morgan fingerprint density at radius 1 is 0.930 bits per heavy atom. The molecule has 1 heterocycles. The molecule has 1 aromatic heterocycles. The Hall–Kier alpha value is -4.03. The summed E-state index contributed by atoms with van der Waals surface area (Å²) in [5, 5.41) is 28.3. The minimum Gasteiger partial charge on any atom is -0.508 e. The molecule has 0 aliphatic carbocycles. The minimum atomic E-state index is -1.15. The third-order valence-electron chi connectivity index (χ3n) is 7.48. The number of H-pyrrole nitrogens is 1. The summed E-state index contributed by atoms with van der Waals surface area (Å²) in [7, 11) is 0. The normalized spacial score (nSPS) is 14.7. The monoisotopic (exact) mass is 611 g/mol. The van der Waals surface area contributed by atoms with Gasteiger partial charge in [-0.05, 0) is 60.1 Å². The van der Waals surface area contributed by atoms with Crippen molar-refractivity contribution in [2.75, 3.05) is 12.0 Å². The highest BCUT2D eigenvalue weighted by Crippen LogP contribution is 2.19. The van der Waals surface area contributed by atoms with E-state index < -0.39 is 47.9 Å². The molecule has 0 radical (unpaired) electrons. The van der Waals surface area contributed by atoms with E-state index in [-0.39, 0.29) is 30.9 Å². The van der Waals surface area contributed by atoms with E-state index in [1.807, 2.05) is 37.4 Å². The lowest BCUT2D eigenvalue weighted by Gasteiger charge is -2.26. The Balaban J connectivity index is 1.79. The number of aromatic hydroxyl groups is 1. The van der Waals surface area contributed by atoms with Gasteiger partial charge in [0.15, 0.2) is 0 Å². The van der Waals surface area contributed by atoms with Crippen LogP contribution >= 0.6 is 11.8 Å². The topological polar surface area (TPSA) is 187 Å². The number of nitrogens with two attached hydrogens (primary N) is 1. The molecule has 3 rings (SSSR count). The van der Waals surface area contributed by atoms with Crippen LogP contribution in [0.2, 0.25) is 0 Å². The number of phenolic OH excluding ortho intramolecular Hbond substituents is 1. The van der Waals surface area contributed by atoms with Gasteiger partial charge in [0.1, 0.15) is 23.9 Å². The SMILES string of the molecule is CCC(C)C(NC(=O)C(CCSC)NC(=O)C(Cc1ccc(O)cc1)NC(=O)C(N)Cc1c[nH]c2ccccc12)C(=O)O. The van der Waals surface area contributed by atoms with E-state index in [1.54, 1.807) is 25.3 Å². The molecular weight excluding hydrogens is 570 g/mol. The van der Waals surface area contributed by atoms with E-state index in [1.165, 1.54) is 23.9 Å². The maximum atomic E-state index is 13.6. The first-order chi connectivity index (χ1) is 20.5. The van der Waals surface area contributed by atoms with Crippen molar-refractivity contribution in [2.45, 2.75) is 63.7 Å². The minimum absolute atomic E-state index is 0.0534. The van der Waals surface area contributed by atoms with Crippen LogP contribution in [0.1, 0.15) is 37.8 Å². The highest BCUT2D eigenvalue weighted by atomic mass is 32.2. The van der Waals surface area contributed by atoms with Gasteiger partial charge in [0.25, 0.3) is 0 Å². The predicted octanol–water partition coefficient (Wildman–Crippen LogP) is 2.32. The number of phenols is 1. The fourth-order valence-electron chi connectivity index (χ4n) is 4.70. The number of para-hydroxylation sites is 1. The number of carbonyl (C=O) groups excluding carboxylic acids is 3. The van der Waals surface area contributed by atoms with E-state index in [0.717, 1.165) is 16.5 Å². The maximum absolute atomic E-state index is 13.6. The van der Waals surface area contributed by atoms with Crippen LogP contribution in [0.3, 0.4) is 0 Å². The van der Waals surface area contributed by atoms with Crippen molar-refractivity contribution < 1.29 is 29.4 Å². The summed E-state index contributed by atoms with van der Waals surface area (Å²) in [5.74, 6) is -2.66. The van der Waals surface area contributed by atoms with Crippen molar-refractivity contribution >= 4 is 46.4 Å². The molecule has 8 N–H and O–H groups in total. The molecule has 11 nitrogen and oxygen atoms in total. The molecule has 0 aliphatic heterocycles. The van der Waals surface area contributed by atoms with E-state index in [0.29, 0.717) is 17.7 Å². The van der Waals surface area contributed by atoms with Crippen molar-refractivity contribution in [3.05, 3.63) is 65.9 Å². The molecule has 2 aromatic carbocycles. The third kappa shape index (κ3) is 9.48. The van der Waals surface area contributed by atoms with Crippen molar-refractivity contribution in [3.8, 4) is 5.75 Å².